The summed E-state index contributed by atoms with van der Waals surface area (Å²) in [6.07, 6.45) is 2.15. The zero-order valence-electron chi connectivity index (χ0n) is 14.9. The van der Waals surface area contributed by atoms with Crippen molar-refractivity contribution in [3.05, 3.63) is 57.1 Å². The molecular formula is C19H20ClN3O4. The quantitative estimate of drug-likeness (QED) is 0.580. The number of nitro groups is 1. The van der Waals surface area contributed by atoms with Gasteiger partial charge in [-0.05, 0) is 44.0 Å². The minimum atomic E-state index is -0.559. The van der Waals surface area contributed by atoms with Crippen molar-refractivity contribution in [2.75, 3.05) is 29.9 Å². The van der Waals surface area contributed by atoms with Crippen molar-refractivity contribution >= 4 is 34.6 Å². The number of carbonyl (C=O) groups excluding carboxylic acids is 1. The molecule has 0 aromatic heterocycles. The zero-order valence-corrected chi connectivity index (χ0v) is 15.7. The van der Waals surface area contributed by atoms with Gasteiger partial charge in [0.1, 0.15) is 0 Å². The van der Waals surface area contributed by atoms with Gasteiger partial charge in [0, 0.05) is 24.7 Å². The van der Waals surface area contributed by atoms with Crippen molar-refractivity contribution in [1.29, 1.82) is 0 Å². The van der Waals surface area contributed by atoms with Gasteiger partial charge >= 0.3 is 5.69 Å². The maximum absolute atomic E-state index is 12.7. The molecular weight excluding hydrogens is 370 g/mol. The molecule has 0 spiro atoms. The lowest BCUT2D eigenvalue weighted by Crippen LogP contribution is -2.21. The van der Waals surface area contributed by atoms with Gasteiger partial charge in [-0.3, -0.25) is 14.9 Å². The van der Waals surface area contributed by atoms with Crippen LogP contribution in [0.5, 0.6) is 5.75 Å². The average molecular weight is 390 g/mol. The number of anilines is 2. The van der Waals surface area contributed by atoms with Crippen molar-refractivity contribution < 1.29 is 14.5 Å². The number of ether oxygens (including phenoxy) is 1. The van der Waals surface area contributed by atoms with Crippen LogP contribution in [0.4, 0.5) is 17.1 Å². The van der Waals surface area contributed by atoms with E-state index in [1.54, 1.807) is 25.1 Å². The van der Waals surface area contributed by atoms with Crippen LogP contribution in [0.3, 0.4) is 0 Å². The van der Waals surface area contributed by atoms with Crippen LogP contribution in [0.2, 0.25) is 5.02 Å². The number of nitro benzene ring substituents is 1. The lowest BCUT2D eigenvalue weighted by molar-refractivity contribution is -0.385. The fourth-order valence-electron chi connectivity index (χ4n) is 3.15. The molecule has 142 valence electrons. The highest BCUT2D eigenvalue weighted by Gasteiger charge is 2.22. The molecule has 1 fully saturated rings. The van der Waals surface area contributed by atoms with Crippen LogP contribution in [0, 0.1) is 10.1 Å². The number of hydrogen-bond acceptors (Lipinski definition) is 5. The topological polar surface area (TPSA) is 84.7 Å². The van der Waals surface area contributed by atoms with E-state index in [1.807, 2.05) is 0 Å². The van der Waals surface area contributed by atoms with Crippen LogP contribution < -0.4 is 15.0 Å². The number of halogens is 1. The van der Waals surface area contributed by atoms with Crippen molar-refractivity contribution in [1.82, 2.24) is 0 Å². The fourth-order valence-corrected chi connectivity index (χ4v) is 3.45. The van der Waals surface area contributed by atoms with Gasteiger partial charge < -0.3 is 15.0 Å². The number of benzene rings is 2. The lowest BCUT2D eigenvalue weighted by atomic mass is 10.1. The lowest BCUT2D eigenvalue weighted by Gasteiger charge is -2.23. The second-order valence-electron chi connectivity index (χ2n) is 6.16. The largest absolute Gasteiger partial charge is 0.487 e. The van der Waals surface area contributed by atoms with Gasteiger partial charge in [0.15, 0.2) is 5.75 Å². The average Bonchev–Trinajstić information content (AvgIpc) is 3.16. The summed E-state index contributed by atoms with van der Waals surface area (Å²) >= 11 is 6.36. The molecule has 27 heavy (non-hydrogen) atoms. The molecule has 0 saturated carbocycles. The smallest absolute Gasteiger partial charge is 0.311 e. The Balaban J connectivity index is 1.89. The van der Waals surface area contributed by atoms with Crippen LogP contribution >= 0.6 is 11.6 Å². The summed E-state index contributed by atoms with van der Waals surface area (Å²) in [5.41, 5.74) is 1.31. The van der Waals surface area contributed by atoms with Gasteiger partial charge in [-0.2, -0.15) is 0 Å². The Morgan fingerprint density at radius 2 is 2.04 bits per heavy atom. The maximum atomic E-state index is 12.7. The first-order chi connectivity index (χ1) is 13.0. The Labute approximate surface area is 162 Å². The number of para-hydroxylation sites is 1. The summed E-state index contributed by atoms with van der Waals surface area (Å²) in [5.74, 6) is -0.302. The first kappa shape index (κ1) is 19.0. The molecule has 0 aliphatic carbocycles. The molecule has 2 aromatic rings. The minimum Gasteiger partial charge on any atom is -0.487 e. The van der Waals surface area contributed by atoms with Crippen molar-refractivity contribution in [2.45, 2.75) is 19.8 Å². The van der Waals surface area contributed by atoms with Crippen LogP contribution in [-0.2, 0) is 0 Å². The summed E-state index contributed by atoms with van der Waals surface area (Å²) < 4.78 is 5.26. The van der Waals surface area contributed by atoms with E-state index < -0.39 is 10.8 Å². The standard InChI is InChI=1S/C19H20ClN3O4/c1-2-27-17-9-8-13(12-16(17)23(25)26)19(24)21-15-7-5-6-14(20)18(15)22-10-3-4-11-22/h5-9,12H,2-4,10-11H2,1H3,(H,21,24). The van der Waals surface area contributed by atoms with E-state index in [0.717, 1.165) is 31.6 Å². The Morgan fingerprint density at radius 1 is 1.30 bits per heavy atom. The van der Waals surface area contributed by atoms with E-state index in [-0.39, 0.29) is 17.0 Å². The van der Waals surface area contributed by atoms with Crippen LogP contribution in [0.15, 0.2) is 36.4 Å². The number of amides is 1. The minimum absolute atomic E-state index is 0.138. The predicted molar refractivity (Wildman–Crippen MR) is 105 cm³/mol. The van der Waals surface area contributed by atoms with Gasteiger partial charge in [-0.1, -0.05) is 17.7 Å². The first-order valence-electron chi connectivity index (χ1n) is 8.77. The molecule has 1 heterocycles. The van der Waals surface area contributed by atoms with Gasteiger partial charge in [-0.15, -0.1) is 0 Å². The second-order valence-corrected chi connectivity index (χ2v) is 6.56. The van der Waals surface area contributed by atoms with Gasteiger partial charge in [0.05, 0.1) is 27.9 Å². The molecule has 0 bridgehead atoms. The third-order valence-electron chi connectivity index (χ3n) is 4.37. The Hall–Kier alpha value is -2.80. The molecule has 0 unspecified atom stereocenters. The number of nitrogens with zero attached hydrogens (tertiary/aromatic N) is 2. The van der Waals surface area contributed by atoms with Crippen LogP contribution in [0.1, 0.15) is 30.1 Å². The van der Waals surface area contributed by atoms with Gasteiger partial charge in [0.25, 0.3) is 5.91 Å². The summed E-state index contributed by atoms with van der Waals surface area (Å²) in [4.78, 5) is 25.6. The molecule has 1 saturated heterocycles. The van der Waals surface area contributed by atoms with E-state index in [4.69, 9.17) is 16.3 Å². The van der Waals surface area contributed by atoms with Crippen molar-refractivity contribution in [3.8, 4) is 5.75 Å². The summed E-state index contributed by atoms with van der Waals surface area (Å²) in [6.45, 7) is 3.79. The van der Waals surface area contributed by atoms with E-state index in [2.05, 4.69) is 10.2 Å². The van der Waals surface area contributed by atoms with E-state index in [1.165, 1.54) is 18.2 Å². The summed E-state index contributed by atoms with van der Waals surface area (Å²) in [7, 11) is 0. The molecule has 1 N–H and O–H groups in total. The maximum Gasteiger partial charge on any atom is 0.311 e. The second kappa shape index (κ2) is 8.26. The Morgan fingerprint density at radius 3 is 2.70 bits per heavy atom. The summed E-state index contributed by atoms with van der Waals surface area (Å²) in [6, 6.07) is 9.49. The highest BCUT2D eigenvalue weighted by molar-refractivity contribution is 6.34. The molecule has 8 heteroatoms. The van der Waals surface area contributed by atoms with Crippen molar-refractivity contribution in [3.63, 3.8) is 0 Å². The molecule has 3 rings (SSSR count). The number of rotatable bonds is 6. The number of nitrogens with one attached hydrogen (secondary N) is 1. The molecule has 2 aromatic carbocycles. The normalized spacial score (nSPS) is 13.5. The van der Waals surface area contributed by atoms with Crippen LogP contribution in [-0.4, -0.2) is 30.5 Å². The molecule has 1 aliphatic heterocycles. The fraction of sp³-hybridized carbons (Fsp3) is 0.316. The molecule has 7 nitrogen and oxygen atoms in total. The molecule has 0 atom stereocenters. The third kappa shape index (κ3) is 4.14. The third-order valence-corrected chi connectivity index (χ3v) is 4.68. The number of hydrogen-bond donors (Lipinski definition) is 1. The van der Waals surface area contributed by atoms with Crippen LogP contribution in [0.25, 0.3) is 0 Å². The zero-order chi connectivity index (χ0) is 19.4. The Kier molecular flexibility index (Phi) is 5.81. The predicted octanol–water partition coefficient (Wildman–Crippen LogP) is 4.50. The molecule has 0 radical (unpaired) electrons. The van der Waals surface area contributed by atoms with E-state index in [9.17, 15) is 14.9 Å². The van der Waals surface area contributed by atoms with Crippen molar-refractivity contribution in [2.24, 2.45) is 0 Å². The molecule has 1 amide bonds. The van der Waals surface area contributed by atoms with Gasteiger partial charge in [0.2, 0.25) is 0 Å². The molecule has 1 aliphatic rings. The number of carbonyl (C=O) groups is 1. The first-order valence-corrected chi connectivity index (χ1v) is 9.15. The van der Waals surface area contributed by atoms with E-state index >= 15 is 0 Å². The monoisotopic (exact) mass is 389 g/mol. The highest BCUT2D eigenvalue weighted by atomic mass is 35.5. The summed E-state index contributed by atoms with van der Waals surface area (Å²) in [5, 5.41) is 14.7. The SMILES string of the molecule is CCOc1ccc(C(=O)Nc2cccc(Cl)c2N2CCCC2)cc1[N+](=O)[O-]. The highest BCUT2D eigenvalue weighted by Crippen LogP contribution is 2.36. The Bertz CT molecular complexity index is 866. The van der Waals surface area contributed by atoms with E-state index in [0.29, 0.717) is 17.3 Å². The van der Waals surface area contributed by atoms with Gasteiger partial charge in [-0.25, -0.2) is 0 Å².